The van der Waals surface area contributed by atoms with Crippen LogP contribution in [0.15, 0.2) is 24.3 Å². The topological polar surface area (TPSA) is 69.2 Å². The molecule has 2 rings (SSSR count). The number of nitrogens with one attached hydrogen (secondary N) is 1. The Balaban J connectivity index is 1.91. The van der Waals surface area contributed by atoms with Gasteiger partial charge in [-0.05, 0) is 42.4 Å². The molecule has 1 fully saturated rings. The smallest absolute Gasteiger partial charge is 0.416 e. The van der Waals surface area contributed by atoms with Gasteiger partial charge in [0.25, 0.3) is 0 Å². The van der Waals surface area contributed by atoms with Crippen molar-refractivity contribution in [3.8, 4) is 0 Å². The molecule has 1 aliphatic rings. The molecule has 138 valence electrons. The van der Waals surface area contributed by atoms with Crippen LogP contribution < -0.4 is 10.4 Å². The van der Waals surface area contributed by atoms with E-state index < -0.39 is 23.1 Å². The third kappa shape index (κ3) is 5.76. The predicted octanol–water partition coefficient (Wildman–Crippen LogP) is 2.80. The zero-order chi connectivity index (χ0) is 18.5. The first-order chi connectivity index (χ1) is 11.7. The molecule has 0 heterocycles. The Morgan fingerprint density at radius 3 is 2.16 bits per heavy atom. The van der Waals surface area contributed by atoms with Gasteiger partial charge in [-0.3, -0.25) is 4.79 Å². The molecule has 4 nitrogen and oxygen atoms in total. The van der Waals surface area contributed by atoms with E-state index in [1.54, 1.807) is 0 Å². The van der Waals surface area contributed by atoms with Crippen LogP contribution in [0.1, 0.15) is 56.1 Å². The maximum absolute atomic E-state index is 12.5. The molecular formula is C18H21F3NO3-. The third-order valence-electron chi connectivity index (χ3n) is 4.74. The van der Waals surface area contributed by atoms with E-state index in [4.69, 9.17) is 0 Å². The molecule has 0 aliphatic heterocycles. The minimum atomic E-state index is -4.39. The summed E-state index contributed by atoms with van der Waals surface area (Å²) in [6.07, 6.45) is -0.271. The number of alkyl halides is 3. The van der Waals surface area contributed by atoms with E-state index in [0.717, 1.165) is 31.4 Å². The number of hydrogen-bond acceptors (Lipinski definition) is 3. The molecule has 0 atom stereocenters. The second-order valence-electron chi connectivity index (χ2n) is 6.76. The number of amides is 1. The van der Waals surface area contributed by atoms with Crippen molar-refractivity contribution in [2.24, 2.45) is 5.41 Å². The molecule has 0 aromatic heterocycles. The van der Waals surface area contributed by atoms with Gasteiger partial charge in [0.1, 0.15) is 0 Å². The van der Waals surface area contributed by atoms with E-state index in [9.17, 15) is 27.9 Å². The summed E-state index contributed by atoms with van der Waals surface area (Å²) in [4.78, 5) is 23.2. The van der Waals surface area contributed by atoms with Crippen LogP contribution in [-0.2, 0) is 22.3 Å². The number of halogens is 3. The fraction of sp³-hybridized carbons (Fsp3) is 0.556. The second kappa shape index (κ2) is 7.89. The van der Waals surface area contributed by atoms with E-state index in [1.807, 2.05) is 0 Å². The van der Waals surface area contributed by atoms with Gasteiger partial charge in [-0.1, -0.05) is 31.4 Å². The normalized spacial score (nSPS) is 17.1. The van der Waals surface area contributed by atoms with Crippen molar-refractivity contribution in [2.45, 2.75) is 57.7 Å². The van der Waals surface area contributed by atoms with E-state index in [-0.39, 0.29) is 25.3 Å². The third-order valence-corrected chi connectivity index (χ3v) is 4.74. The molecule has 0 unspecified atom stereocenters. The monoisotopic (exact) mass is 356 g/mol. The zero-order valence-electron chi connectivity index (χ0n) is 13.8. The van der Waals surface area contributed by atoms with Gasteiger partial charge in [0, 0.05) is 18.9 Å². The number of hydrogen-bond donors (Lipinski definition) is 1. The highest BCUT2D eigenvalue weighted by Crippen LogP contribution is 2.42. The maximum Gasteiger partial charge on any atom is 0.416 e. The number of carboxylic acid groups (broad SMARTS) is 1. The second-order valence-corrected chi connectivity index (χ2v) is 6.76. The first-order valence-corrected chi connectivity index (χ1v) is 8.33. The number of benzene rings is 1. The summed E-state index contributed by atoms with van der Waals surface area (Å²) >= 11 is 0. The number of carboxylic acids is 1. The minimum absolute atomic E-state index is 0.0988. The fourth-order valence-electron chi connectivity index (χ4n) is 3.44. The van der Waals surface area contributed by atoms with Crippen LogP contribution in [-0.4, -0.2) is 11.9 Å². The highest BCUT2D eigenvalue weighted by atomic mass is 19.4. The van der Waals surface area contributed by atoms with Crippen molar-refractivity contribution in [1.29, 1.82) is 0 Å². The van der Waals surface area contributed by atoms with Crippen molar-refractivity contribution < 1.29 is 27.9 Å². The molecule has 1 aromatic rings. The van der Waals surface area contributed by atoms with Gasteiger partial charge >= 0.3 is 6.18 Å². The lowest BCUT2D eigenvalue weighted by molar-refractivity contribution is -0.308. The molecule has 1 N–H and O–H groups in total. The van der Waals surface area contributed by atoms with E-state index in [1.165, 1.54) is 12.1 Å². The summed E-state index contributed by atoms with van der Waals surface area (Å²) in [5.41, 5.74) is -0.752. The molecule has 1 aromatic carbocycles. The Hall–Kier alpha value is -2.05. The first-order valence-electron chi connectivity index (χ1n) is 8.33. The van der Waals surface area contributed by atoms with Gasteiger partial charge in [0.05, 0.1) is 5.56 Å². The molecule has 25 heavy (non-hydrogen) atoms. The van der Waals surface area contributed by atoms with Crippen LogP contribution in [0, 0.1) is 5.41 Å². The molecule has 1 aliphatic carbocycles. The average molecular weight is 356 g/mol. The standard InChI is InChI=1S/C18H22F3NO3/c19-18(20,21)14-6-4-13(5-7-14)12-22-15(23)10-17(11-16(24)25)8-2-1-3-9-17/h4-7H,1-3,8-12H2,(H,22,23)(H,24,25)/p-1. The Morgan fingerprint density at radius 2 is 1.64 bits per heavy atom. The van der Waals surface area contributed by atoms with Crippen molar-refractivity contribution in [1.82, 2.24) is 5.32 Å². The summed E-state index contributed by atoms with van der Waals surface area (Å²) < 4.78 is 37.6. The first kappa shape index (κ1) is 19.3. The molecule has 0 saturated heterocycles. The number of carbonyl (C=O) groups is 2. The van der Waals surface area contributed by atoms with Crippen LogP contribution in [0.5, 0.6) is 0 Å². The van der Waals surface area contributed by atoms with Gasteiger partial charge in [-0.2, -0.15) is 13.2 Å². The van der Waals surface area contributed by atoms with Crippen molar-refractivity contribution in [2.75, 3.05) is 0 Å². The van der Waals surface area contributed by atoms with Crippen LogP contribution in [0.25, 0.3) is 0 Å². The fourth-order valence-corrected chi connectivity index (χ4v) is 3.44. The molecule has 1 amide bonds. The number of carbonyl (C=O) groups excluding carboxylic acids is 2. The maximum atomic E-state index is 12.5. The van der Waals surface area contributed by atoms with Gasteiger partial charge < -0.3 is 15.2 Å². The van der Waals surface area contributed by atoms with Gasteiger partial charge in [0.2, 0.25) is 5.91 Å². The van der Waals surface area contributed by atoms with E-state index in [0.29, 0.717) is 18.4 Å². The zero-order valence-corrected chi connectivity index (χ0v) is 13.8. The molecule has 0 bridgehead atoms. The Labute approximate surface area is 144 Å². The lowest BCUT2D eigenvalue weighted by Gasteiger charge is -2.37. The largest absolute Gasteiger partial charge is 0.550 e. The van der Waals surface area contributed by atoms with Gasteiger partial charge in [-0.25, -0.2) is 0 Å². The highest BCUT2D eigenvalue weighted by Gasteiger charge is 2.34. The van der Waals surface area contributed by atoms with Crippen molar-refractivity contribution in [3.05, 3.63) is 35.4 Å². The summed E-state index contributed by atoms with van der Waals surface area (Å²) in [6.45, 7) is 0.109. The number of rotatable bonds is 6. The Morgan fingerprint density at radius 1 is 1.04 bits per heavy atom. The highest BCUT2D eigenvalue weighted by molar-refractivity contribution is 5.77. The molecule has 0 radical (unpaired) electrons. The van der Waals surface area contributed by atoms with Crippen LogP contribution >= 0.6 is 0 Å². The molecular weight excluding hydrogens is 335 g/mol. The van der Waals surface area contributed by atoms with Gasteiger partial charge in [0.15, 0.2) is 0 Å². The quantitative estimate of drug-likeness (QED) is 0.852. The summed E-state index contributed by atoms with van der Waals surface area (Å²) in [6, 6.07) is 4.59. The summed E-state index contributed by atoms with van der Waals surface area (Å²) in [5, 5.41) is 13.7. The summed E-state index contributed by atoms with van der Waals surface area (Å²) in [7, 11) is 0. The van der Waals surface area contributed by atoms with E-state index in [2.05, 4.69) is 5.32 Å². The lowest BCUT2D eigenvalue weighted by atomic mass is 9.69. The Bertz CT molecular complexity index is 605. The molecule has 1 saturated carbocycles. The SMILES string of the molecule is O=C([O-])CC1(CC(=O)NCc2ccc(C(F)(F)F)cc2)CCCCC1. The van der Waals surface area contributed by atoms with Gasteiger partial charge in [-0.15, -0.1) is 0 Å². The predicted molar refractivity (Wildman–Crippen MR) is 83.0 cm³/mol. The van der Waals surface area contributed by atoms with Crippen LogP contribution in [0.4, 0.5) is 13.2 Å². The Kier molecular flexibility index (Phi) is 6.08. The van der Waals surface area contributed by atoms with Crippen LogP contribution in [0.2, 0.25) is 0 Å². The molecule has 7 heteroatoms. The van der Waals surface area contributed by atoms with Crippen LogP contribution in [0.3, 0.4) is 0 Å². The summed E-state index contributed by atoms with van der Waals surface area (Å²) in [5.74, 6) is -1.44. The van der Waals surface area contributed by atoms with Crippen molar-refractivity contribution >= 4 is 11.9 Å². The molecule has 0 spiro atoms. The lowest BCUT2D eigenvalue weighted by Crippen LogP contribution is -2.38. The van der Waals surface area contributed by atoms with E-state index >= 15 is 0 Å². The number of aliphatic carboxylic acids is 1. The van der Waals surface area contributed by atoms with Crippen molar-refractivity contribution in [3.63, 3.8) is 0 Å². The minimum Gasteiger partial charge on any atom is -0.550 e. The average Bonchev–Trinajstić information content (AvgIpc) is 2.52.